The van der Waals surface area contributed by atoms with Crippen molar-refractivity contribution in [3.63, 3.8) is 0 Å². The van der Waals surface area contributed by atoms with E-state index in [0.717, 1.165) is 13.1 Å². The Kier molecular flexibility index (Phi) is 4.93. The van der Waals surface area contributed by atoms with Crippen molar-refractivity contribution in [1.29, 1.82) is 0 Å². The maximum atomic E-state index is 2.56. The fourth-order valence-electron chi connectivity index (χ4n) is 6.00. The standard InChI is InChI=1S/C31H35N2Se/c1-30(2)12-14-32(5)25-18-27-21(16-23(25)30)29(20-10-8-7-9-11-20)22-17-24-26(19-28(22)34-27)33(6)15-13-31(24,3)4/h7-11,16-19H,12-15H2,1-6H3/q+1. The molecule has 2 nitrogen and oxygen atoms in total. The van der Waals surface area contributed by atoms with Gasteiger partial charge in [-0.05, 0) is 0 Å². The summed E-state index contributed by atoms with van der Waals surface area (Å²) in [5.41, 5.74) is 9.07. The van der Waals surface area contributed by atoms with Crippen LogP contribution < -0.4 is 29.0 Å². The van der Waals surface area contributed by atoms with Crippen LogP contribution in [0.25, 0.3) is 5.57 Å². The summed E-state index contributed by atoms with van der Waals surface area (Å²) in [6.07, 6.45) is 2.40. The zero-order valence-corrected chi connectivity index (χ0v) is 23.0. The van der Waals surface area contributed by atoms with Crippen LogP contribution in [0.3, 0.4) is 0 Å². The van der Waals surface area contributed by atoms with Crippen LogP contribution in [0.5, 0.6) is 0 Å². The molecule has 3 heterocycles. The van der Waals surface area contributed by atoms with Crippen molar-refractivity contribution in [3.8, 4) is 0 Å². The van der Waals surface area contributed by atoms with E-state index < -0.39 is 0 Å². The van der Waals surface area contributed by atoms with Crippen LogP contribution in [0, 0.1) is 0 Å². The first kappa shape index (κ1) is 22.1. The molecule has 0 spiro atoms. The molecule has 0 amide bonds. The Morgan fingerprint density at radius 2 is 1.59 bits per heavy atom. The molecule has 0 N–H and O–H groups in total. The molecule has 6 rings (SSSR count). The quantitative estimate of drug-likeness (QED) is 0.280. The molecule has 3 aromatic carbocycles. The average molecular weight is 515 g/mol. The zero-order valence-electron chi connectivity index (χ0n) is 21.3. The fraction of sp³-hybridized carbons (Fsp3) is 0.387. The van der Waals surface area contributed by atoms with Crippen LogP contribution in [0.1, 0.15) is 62.8 Å². The van der Waals surface area contributed by atoms with Crippen LogP contribution in [0.2, 0.25) is 0 Å². The molecule has 0 saturated carbocycles. The van der Waals surface area contributed by atoms with Gasteiger partial charge in [-0.15, -0.1) is 0 Å². The molecule has 0 saturated heterocycles. The van der Waals surface area contributed by atoms with E-state index in [9.17, 15) is 0 Å². The monoisotopic (exact) mass is 515 g/mol. The summed E-state index contributed by atoms with van der Waals surface area (Å²) in [5, 5.41) is 2.90. The van der Waals surface area contributed by atoms with E-state index in [-0.39, 0.29) is 25.8 Å². The number of nitrogens with zero attached hydrogens (tertiary/aromatic N) is 2. The summed E-state index contributed by atoms with van der Waals surface area (Å²) in [6, 6.07) is 21.3. The van der Waals surface area contributed by atoms with Gasteiger partial charge in [0.1, 0.15) is 0 Å². The van der Waals surface area contributed by atoms with E-state index in [2.05, 4.69) is 106 Å². The van der Waals surface area contributed by atoms with Gasteiger partial charge >= 0.3 is 211 Å². The molecule has 34 heavy (non-hydrogen) atoms. The molecule has 0 bridgehead atoms. The first-order chi connectivity index (χ1) is 16.2. The summed E-state index contributed by atoms with van der Waals surface area (Å²) in [4.78, 5) is 2.47. The van der Waals surface area contributed by atoms with E-state index in [1.54, 1.807) is 0 Å². The van der Waals surface area contributed by atoms with Gasteiger partial charge in [-0.1, -0.05) is 0 Å². The molecule has 0 atom stereocenters. The summed E-state index contributed by atoms with van der Waals surface area (Å²) in [6.45, 7) is 11.9. The number of benzene rings is 3. The van der Waals surface area contributed by atoms with Crippen LogP contribution in [0.15, 0.2) is 54.6 Å². The molecule has 3 heteroatoms. The number of anilines is 1. The Hall–Kier alpha value is -2.35. The SMILES string of the molecule is CN1CCC(C)(C)c2cc3c(cc21)[Se]c1cc2c(cc1=C3c1ccccc1)C(C)(C)CC[N+]=2C. The number of hydrogen-bond donors (Lipinski definition) is 0. The van der Waals surface area contributed by atoms with Crippen molar-refractivity contribution in [1.82, 2.24) is 4.58 Å². The Bertz CT molecular complexity index is 1450. The third-order valence-corrected chi connectivity index (χ3v) is 10.8. The van der Waals surface area contributed by atoms with Crippen molar-refractivity contribution in [2.24, 2.45) is 0 Å². The molecule has 0 unspecified atom stereocenters. The van der Waals surface area contributed by atoms with Gasteiger partial charge in [0.05, 0.1) is 0 Å². The predicted molar refractivity (Wildman–Crippen MR) is 146 cm³/mol. The normalized spacial score (nSPS) is 19.8. The molecular weight excluding hydrogens is 479 g/mol. The number of hydrogen-bond acceptors (Lipinski definition) is 1. The molecule has 0 radical (unpaired) electrons. The van der Waals surface area contributed by atoms with Crippen LogP contribution >= 0.6 is 0 Å². The third-order valence-electron chi connectivity index (χ3n) is 8.44. The Labute approximate surface area is 210 Å². The Morgan fingerprint density at radius 1 is 0.853 bits per heavy atom. The van der Waals surface area contributed by atoms with Gasteiger partial charge in [-0.2, -0.15) is 0 Å². The van der Waals surface area contributed by atoms with Crippen LogP contribution in [-0.2, 0) is 10.8 Å². The predicted octanol–water partition coefficient (Wildman–Crippen LogP) is 2.82. The molecular formula is C31H35N2Se+. The minimum atomic E-state index is 0.201. The van der Waals surface area contributed by atoms with Gasteiger partial charge in [-0.25, -0.2) is 0 Å². The Morgan fingerprint density at radius 3 is 2.35 bits per heavy atom. The van der Waals surface area contributed by atoms with Gasteiger partial charge in [0.15, 0.2) is 0 Å². The third kappa shape index (κ3) is 3.32. The summed E-state index contributed by atoms with van der Waals surface area (Å²) >= 11 is 0.290. The Balaban J connectivity index is 1.74. The molecule has 0 aliphatic carbocycles. The molecule has 3 aromatic rings. The van der Waals surface area contributed by atoms with E-state index in [0.29, 0.717) is 0 Å². The van der Waals surface area contributed by atoms with E-state index >= 15 is 0 Å². The molecule has 174 valence electrons. The van der Waals surface area contributed by atoms with E-state index in [4.69, 9.17) is 0 Å². The molecule has 3 aliphatic heterocycles. The number of rotatable bonds is 1. The van der Waals surface area contributed by atoms with Gasteiger partial charge in [0.2, 0.25) is 0 Å². The van der Waals surface area contributed by atoms with Crippen molar-refractivity contribution in [2.75, 3.05) is 32.1 Å². The second-order valence-corrected chi connectivity index (χ2v) is 14.0. The first-order valence-electron chi connectivity index (χ1n) is 12.6. The van der Waals surface area contributed by atoms with Crippen LogP contribution in [-0.4, -0.2) is 42.1 Å². The van der Waals surface area contributed by atoms with Crippen LogP contribution in [0.4, 0.5) is 5.69 Å². The summed E-state index contributed by atoms with van der Waals surface area (Å²) < 4.78 is 5.53. The second kappa shape index (κ2) is 7.57. The van der Waals surface area contributed by atoms with Gasteiger partial charge in [0, 0.05) is 0 Å². The fourth-order valence-corrected chi connectivity index (χ4v) is 8.35. The van der Waals surface area contributed by atoms with Gasteiger partial charge in [-0.3, -0.25) is 0 Å². The zero-order chi connectivity index (χ0) is 23.8. The van der Waals surface area contributed by atoms with Crippen molar-refractivity contribution in [3.05, 3.63) is 87.4 Å². The first-order valence-corrected chi connectivity index (χ1v) is 14.3. The van der Waals surface area contributed by atoms with E-state index in [1.807, 2.05) is 0 Å². The summed E-state index contributed by atoms with van der Waals surface area (Å²) in [5.74, 6) is 0. The van der Waals surface area contributed by atoms with Gasteiger partial charge < -0.3 is 0 Å². The van der Waals surface area contributed by atoms with E-state index in [1.165, 1.54) is 65.9 Å². The second-order valence-electron chi connectivity index (χ2n) is 11.7. The van der Waals surface area contributed by atoms with Gasteiger partial charge in [0.25, 0.3) is 0 Å². The maximum absolute atomic E-state index is 2.56. The topological polar surface area (TPSA) is 6.25 Å². The summed E-state index contributed by atoms with van der Waals surface area (Å²) in [7, 11) is 4.53. The van der Waals surface area contributed by atoms with Crippen molar-refractivity contribution >= 4 is 35.1 Å². The minimum absolute atomic E-state index is 0.201. The number of fused-ring (bicyclic) bond motifs is 4. The van der Waals surface area contributed by atoms with Crippen molar-refractivity contribution in [2.45, 2.75) is 51.4 Å². The average Bonchev–Trinajstić information content (AvgIpc) is 2.82. The molecule has 0 aromatic heterocycles. The molecule has 0 fully saturated rings. The molecule has 3 aliphatic rings. The van der Waals surface area contributed by atoms with Crippen molar-refractivity contribution < 1.29 is 0 Å².